The Hall–Kier alpha value is -3.03. The van der Waals surface area contributed by atoms with Gasteiger partial charge >= 0.3 is 5.97 Å². The number of hydrogen-bond acceptors (Lipinski definition) is 4. The van der Waals surface area contributed by atoms with E-state index in [2.05, 4.69) is 4.98 Å². The Morgan fingerprint density at radius 2 is 2.03 bits per heavy atom. The molecule has 2 atom stereocenters. The van der Waals surface area contributed by atoms with Crippen LogP contribution in [-0.2, 0) is 16.0 Å². The predicted octanol–water partition coefficient (Wildman–Crippen LogP) is 3.45. The molecule has 1 fully saturated rings. The maximum atomic E-state index is 11.9. The summed E-state index contributed by atoms with van der Waals surface area (Å²) in [5.74, 6) is -0.842. The summed E-state index contributed by atoms with van der Waals surface area (Å²) in [6, 6.07) is 14.6. The molecule has 8 heteroatoms. The lowest BCUT2D eigenvalue weighted by molar-refractivity contribution is -0.138. The van der Waals surface area contributed by atoms with Gasteiger partial charge in [0.05, 0.1) is 19.1 Å². The number of fused-ring (bicyclic) bond motifs is 1. The SMILES string of the molecule is Cl.N=C(N)c1ccc2[nH]c(CC(C(=O)O)c3ccc(O[C@@H]4CCOC4)cc3)cc2c1. The topological polar surface area (TPSA) is 121 Å². The van der Waals surface area contributed by atoms with Crippen molar-refractivity contribution in [3.05, 3.63) is 65.4 Å². The number of aromatic amines is 1. The zero-order chi connectivity index (χ0) is 20.4. The highest BCUT2D eigenvalue weighted by atomic mass is 35.5. The van der Waals surface area contributed by atoms with Crippen molar-refractivity contribution in [3.63, 3.8) is 0 Å². The number of nitrogens with two attached hydrogens (primary N) is 1. The number of halogens is 1. The molecular weight excluding hydrogens is 406 g/mol. The normalized spacial score (nSPS) is 16.7. The number of benzene rings is 2. The Morgan fingerprint density at radius 1 is 1.27 bits per heavy atom. The zero-order valence-corrected chi connectivity index (χ0v) is 17.1. The van der Waals surface area contributed by atoms with Crippen molar-refractivity contribution in [1.82, 2.24) is 4.98 Å². The molecule has 2 aromatic carbocycles. The van der Waals surface area contributed by atoms with Gasteiger partial charge < -0.3 is 25.3 Å². The number of H-pyrrole nitrogens is 1. The van der Waals surface area contributed by atoms with Gasteiger partial charge in [0.2, 0.25) is 0 Å². The van der Waals surface area contributed by atoms with Gasteiger partial charge in [0.1, 0.15) is 17.7 Å². The van der Waals surface area contributed by atoms with Crippen molar-refractivity contribution < 1.29 is 19.4 Å². The highest BCUT2D eigenvalue weighted by molar-refractivity contribution is 5.98. The fourth-order valence-corrected chi connectivity index (χ4v) is 3.61. The first-order chi connectivity index (χ1) is 14.0. The number of ether oxygens (including phenoxy) is 2. The average molecular weight is 430 g/mol. The molecule has 0 saturated carbocycles. The molecule has 5 N–H and O–H groups in total. The second-order valence-electron chi connectivity index (χ2n) is 7.28. The van der Waals surface area contributed by atoms with Crippen molar-refractivity contribution in [2.75, 3.05) is 13.2 Å². The summed E-state index contributed by atoms with van der Waals surface area (Å²) in [5.41, 5.74) is 8.61. The monoisotopic (exact) mass is 429 g/mol. The number of carboxylic acids is 1. The first-order valence-corrected chi connectivity index (χ1v) is 9.53. The van der Waals surface area contributed by atoms with Crippen LogP contribution in [0.5, 0.6) is 5.75 Å². The van der Waals surface area contributed by atoms with Crippen LogP contribution in [0.1, 0.15) is 29.2 Å². The Labute approximate surface area is 180 Å². The summed E-state index contributed by atoms with van der Waals surface area (Å²) < 4.78 is 11.2. The van der Waals surface area contributed by atoms with E-state index in [0.29, 0.717) is 25.2 Å². The van der Waals surface area contributed by atoms with Crippen molar-refractivity contribution in [3.8, 4) is 5.75 Å². The number of carbonyl (C=O) groups is 1. The average Bonchev–Trinajstić information content (AvgIpc) is 3.35. The number of rotatable bonds is 7. The number of aliphatic carboxylic acids is 1. The largest absolute Gasteiger partial charge is 0.488 e. The standard InChI is InChI=1S/C22H23N3O4.ClH/c23-21(24)14-3-6-20-15(9-14)10-16(25-20)11-19(22(26)27)13-1-4-17(5-2-13)29-18-7-8-28-12-18;/h1-6,9-10,18-19,25H,7-8,11-12H2,(H3,23,24)(H,26,27);1H/t18-,19?;/m1./s1. The summed E-state index contributed by atoms with van der Waals surface area (Å²) in [6.07, 6.45) is 1.25. The third kappa shape index (κ3) is 4.75. The van der Waals surface area contributed by atoms with Gasteiger partial charge in [0, 0.05) is 35.0 Å². The maximum absolute atomic E-state index is 11.9. The van der Waals surface area contributed by atoms with E-state index in [1.165, 1.54) is 0 Å². The molecule has 0 amide bonds. The van der Waals surface area contributed by atoms with Crippen LogP contribution in [0.25, 0.3) is 10.9 Å². The fraction of sp³-hybridized carbons (Fsp3) is 0.273. The quantitative estimate of drug-likeness (QED) is 0.338. The summed E-state index contributed by atoms with van der Waals surface area (Å²) >= 11 is 0. The van der Waals surface area contributed by atoms with Crippen LogP contribution in [0.2, 0.25) is 0 Å². The van der Waals surface area contributed by atoms with Gasteiger partial charge in [0.15, 0.2) is 0 Å². The van der Waals surface area contributed by atoms with E-state index in [-0.39, 0.29) is 24.3 Å². The lowest BCUT2D eigenvalue weighted by Gasteiger charge is -2.15. The Morgan fingerprint density at radius 3 is 2.67 bits per heavy atom. The molecular formula is C22H24ClN3O4. The first-order valence-electron chi connectivity index (χ1n) is 9.53. The van der Waals surface area contributed by atoms with Crippen LogP contribution in [-0.4, -0.2) is 41.2 Å². The maximum Gasteiger partial charge on any atom is 0.311 e. The molecule has 1 aromatic heterocycles. The molecule has 4 rings (SSSR count). The second kappa shape index (κ2) is 9.19. The molecule has 3 aromatic rings. The Balaban J connectivity index is 0.00000256. The molecule has 7 nitrogen and oxygen atoms in total. The zero-order valence-electron chi connectivity index (χ0n) is 16.3. The van der Waals surface area contributed by atoms with Crippen LogP contribution in [0.15, 0.2) is 48.5 Å². The molecule has 0 aliphatic carbocycles. The van der Waals surface area contributed by atoms with Crippen molar-refractivity contribution >= 4 is 35.1 Å². The highest BCUT2D eigenvalue weighted by Crippen LogP contribution is 2.26. The fourth-order valence-electron chi connectivity index (χ4n) is 3.61. The van der Waals surface area contributed by atoms with E-state index in [4.69, 9.17) is 20.6 Å². The highest BCUT2D eigenvalue weighted by Gasteiger charge is 2.22. The molecule has 2 heterocycles. The minimum absolute atomic E-state index is 0. The van der Waals surface area contributed by atoms with Gasteiger partial charge in [-0.1, -0.05) is 12.1 Å². The van der Waals surface area contributed by atoms with E-state index in [9.17, 15) is 9.90 Å². The minimum atomic E-state index is -0.883. The Kier molecular flexibility index (Phi) is 6.64. The molecule has 1 aliphatic rings. The van der Waals surface area contributed by atoms with Crippen LogP contribution in [0.4, 0.5) is 0 Å². The number of amidine groups is 1. The molecule has 1 saturated heterocycles. The first kappa shape index (κ1) is 21.7. The van der Waals surface area contributed by atoms with Crippen LogP contribution in [0, 0.1) is 5.41 Å². The lowest BCUT2D eigenvalue weighted by Crippen LogP contribution is -2.16. The molecule has 0 spiro atoms. The van der Waals surface area contributed by atoms with Crippen molar-refractivity contribution in [2.45, 2.75) is 24.9 Å². The van der Waals surface area contributed by atoms with E-state index in [1.54, 1.807) is 18.2 Å². The molecule has 1 unspecified atom stereocenters. The van der Waals surface area contributed by atoms with Gasteiger partial charge in [-0.2, -0.15) is 0 Å². The van der Waals surface area contributed by atoms with Gasteiger partial charge in [-0.25, -0.2) is 0 Å². The number of aromatic nitrogens is 1. The van der Waals surface area contributed by atoms with E-state index in [1.807, 2.05) is 30.3 Å². The van der Waals surface area contributed by atoms with Crippen LogP contribution in [0.3, 0.4) is 0 Å². The summed E-state index contributed by atoms with van der Waals surface area (Å²) in [6.45, 7) is 1.30. The minimum Gasteiger partial charge on any atom is -0.488 e. The molecule has 30 heavy (non-hydrogen) atoms. The smallest absolute Gasteiger partial charge is 0.311 e. The van der Waals surface area contributed by atoms with Gasteiger partial charge in [0.25, 0.3) is 0 Å². The van der Waals surface area contributed by atoms with Crippen LogP contribution < -0.4 is 10.5 Å². The second-order valence-corrected chi connectivity index (χ2v) is 7.28. The number of carboxylic acid groups (broad SMARTS) is 1. The summed E-state index contributed by atoms with van der Waals surface area (Å²) in [4.78, 5) is 15.2. The van der Waals surface area contributed by atoms with Gasteiger partial charge in [-0.15, -0.1) is 12.4 Å². The van der Waals surface area contributed by atoms with Crippen LogP contribution >= 0.6 is 12.4 Å². The van der Waals surface area contributed by atoms with Gasteiger partial charge in [-0.3, -0.25) is 10.2 Å². The molecule has 0 radical (unpaired) electrons. The van der Waals surface area contributed by atoms with E-state index in [0.717, 1.165) is 34.3 Å². The molecule has 1 aliphatic heterocycles. The third-order valence-electron chi connectivity index (χ3n) is 5.18. The summed E-state index contributed by atoms with van der Waals surface area (Å²) in [5, 5.41) is 18.2. The van der Waals surface area contributed by atoms with Crippen molar-refractivity contribution in [2.24, 2.45) is 5.73 Å². The van der Waals surface area contributed by atoms with E-state index < -0.39 is 11.9 Å². The van der Waals surface area contributed by atoms with Crippen molar-refractivity contribution in [1.29, 1.82) is 5.41 Å². The third-order valence-corrected chi connectivity index (χ3v) is 5.18. The number of hydrogen-bond donors (Lipinski definition) is 4. The van der Waals surface area contributed by atoms with E-state index >= 15 is 0 Å². The summed E-state index contributed by atoms with van der Waals surface area (Å²) in [7, 11) is 0. The predicted molar refractivity (Wildman–Crippen MR) is 117 cm³/mol. The molecule has 0 bridgehead atoms. The lowest BCUT2D eigenvalue weighted by atomic mass is 9.94. The molecule has 158 valence electrons. The Bertz CT molecular complexity index is 1040. The number of nitrogens with one attached hydrogen (secondary N) is 2. The van der Waals surface area contributed by atoms with Gasteiger partial charge in [-0.05, 0) is 42.0 Å². The number of nitrogen functional groups attached to an aromatic ring is 1.